The van der Waals surface area contributed by atoms with E-state index in [4.69, 9.17) is 15.6 Å². The first-order chi connectivity index (χ1) is 10.3. The second kappa shape index (κ2) is 8.60. The highest BCUT2D eigenvalue weighted by Crippen LogP contribution is 2.23. The lowest BCUT2D eigenvalue weighted by molar-refractivity contribution is -0.142. The number of anilines is 1. The largest absolute Gasteiger partial charge is 0.491 e. The van der Waals surface area contributed by atoms with Gasteiger partial charge in [0, 0.05) is 6.04 Å². The zero-order valence-electron chi connectivity index (χ0n) is 13.4. The molecule has 0 aromatic heterocycles. The van der Waals surface area contributed by atoms with E-state index in [0.29, 0.717) is 24.5 Å². The third-order valence-corrected chi connectivity index (χ3v) is 3.29. The Morgan fingerprint density at radius 1 is 1.41 bits per heavy atom. The molecule has 1 aromatic rings. The number of nitrogens with two attached hydrogens (primary N) is 1. The number of carboxylic acids is 1. The van der Waals surface area contributed by atoms with Crippen LogP contribution < -0.4 is 15.8 Å². The molecule has 0 saturated heterocycles. The van der Waals surface area contributed by atoms with Crippen LogP contribution in [0.25, 0.3) is 0 Å². The van der Waals surface area contributed by atoms with Crippen LogP contribution in [0.3, 0.4) is 0 Å². The van der Waals surface area contributed by atoms with E-state index in [-0.39, 0.29) is 6.04 Å². The summed E-state index contributed by atoms with van der Waals surface area (Å²) in [6.07, 6.45) is 0.558. The van der Waals surface area contributed by atoms with Crippen molar-refractivity contribution in [1.82, 2.24) is 5.32 Å². The Bertz CT molecular complexity index is 491. The molecule has 0 heterocycles. The van der Waals surface area contributed by atoms with Crippen LogP contribution in [0.4, 0.5) is 5.69 Å². The maximum atomic E-state index is 11.1. The molecule has 5 N–H and O–H groups in total. The van der Waals surface area contributed by atoms with Gasteiger partial charge in [0.2, 0.25) is 0 Å². The average molecular weight is 310 g/mol. The van der Waals surface area contributed by atoms with Crippen LogP contribution in [0.2, 0.25) is 0 Å². The molecular weight excluding hydrogens is 284 g/mol. The molecule has 0 saturated carbocycles. The molecule has 3 unspecified atom stereocenters. The van der Waals surface area contributed by atoms with Crippen molar-refractivity contribution in [3.8, 4) is 5.75 Å². The second-order valence-corrected chi connectivity index (χ2v) is 5.55. The molecule has 6 heteroatoms. The number of carbonyl (C=O) groups is 1. The Hall–Kier alpha value is -1.79. The Morgan fingerprint density at radius 3 is 2.59 bits per heavy atom. The lowest BCUT2D eigenvalue weighted by Gasteiger charge is -2.22. The molecule has 0 fully saturated rings. The summed E-state index contributed by atoms with van der Waals surface area (Å²) >= 11 is 0. The number of nitrogen functional groups attached to an aromatic ring is 1. The van der Waals surface area contributed by atoms with Gasteiger partial charge in [-0.2, -0.15) is 0 Å². The van der Waals surface area contributed by atoms with E-state index in [2.05, 4.69) is 5.32 Å². The number of aliphatic hydroxyl groups excluding tert-OH is 1. The van der Waals surface area contributed by atoms with Gasteiger partial charge in [0.1, 0.15) is 11.8 Å². The quantitative estimate of drug-likeness (QED) is 0.514. The summed E-state index contributed by atoms with van der Waals surface area (Å²) < 4.78 is 5.52. The van der Waals surface area contributed by atoms with Crippen molar-refractivity contribution in [2.45, 2.75) is 51.8 Å². The third-order valence-electron chi connectivity index (χ3n) is 3.29. The Balaban J connectivity index is 2.66. The van der Waals surface area contributed by atoms with Gasteiger partial charge in [-0.1, -0.05) is 13.0 Å². The molecule has 6 nitrogen and oxygen atoms in total. The fraction of sp³-hybridized carbons (Fsp3) is 0.562. The Labute approximate surface area is 131 Å². The molecule has 0 aliphatic heterocycles. The molecular formula is C16H26N2O4. The van der Waals surface area contributed by atoms with E-state index in [1.165, 1.54) is 6.92 Å². The number of hydrogen-bond acceptors (Lipinski definition) is 5. The molecule has 0 amide bonds. The maximum absolute atomic E-state index is 11.1. The minimum Gasteiger partial charge on any atom is -0.491 e. The lowest BCUT2D eigenvalue weighted by Crippen LogP contribution is -2.49. The maximum Gasteiger partial charge on any atom is 0.323 e. The molecule has 1 rings (SSSR count). The van der Waals surface area contributed by atoms with Crippen molar-refractivity contribution < 1.29 is 19.7 Å². The molecule has 0 bridgehead atoms. The number of ether oxygens (including phenoxy) is 1. The van der Waals surface area contributed by atoms with E-state index >= 15 is 0 Å². The van der Waals surface area contributed by atoms with Gasteiger partial charge in [-0.3, -0.25) is 10.1 Å². The smallest absolute Gasteiger partial charge is 0.323 e. The first-order valence-electron chi connectivity index (χ1n) is 7.53. The predicted octanol–water partition coefficient (Wildman–Crippen LogP) is 1.41. The minimum absolute atomic E-state index is 0.113. The summed E-state index contributed by atoms with van der Waals surface area (Å²) in [4.78, 5) is 11.1. The SMILES string of the molecule is CCCOc1ccc(CC(C)NC(C(=O)O)C(C)O)cc1N. The number of carboxylic acid groups (broad SMARTS) is 1. The van der Waals surface area contributed by atoms with Gasteiger partial charge in [0.25, 0.3) is 0 Å². The highest BCUT2D eigenvalue weighted by molar-refractivity contribution is 5.74. The summed E-state index contributed by atoms with van der Waals surface area (Å²) in [5.74, 6) is -0.400. The van der Waals surface area contributed by atoms with Crippen LogP contribution in [0.5, 0.6) is 5.75 Å². The van der Waals surface area contributed by atoms with E-state index < -0.39 is 18.1 Å². The summed E-state index contributed by atoms with van der Waals surface area (Å²) in [6, 6.07) is 4.48. The van der Waals surface area contributed by atoms with Crippen molar-refractivity contribution >= 4 is 11.7 Å². The van der Waals surface area contributed by atoms with Crippen molar-refractivity contribution in [3.63, 3.8) is 0 Å². The van der Waals surface area contributed by atoms with Gasteiger partial charge < -0.3 is 20.7 Å². The number of benzene rings is 1. The van der Waals surface area contributed by atoms with E-state index in [1.54, 1.807) is 0 Å². The zero-order valence-corrected chi connectivity index (χ0v) is 13.4. The van der Waals surface area contributed by atoms with Crippen molar-refractivity contribution in [1.29, 1.82) is 0 Å². The number of aliphatic hydroxyl groups is 1. The molecule has 0 aliphatic rings. The summed E-state index contributed by atoms with van der Waals surface area (Å²) in [7, 11) is 0. The summed E-state index contributed by atoms with van der Waals surface area (Å²) in [5, 5.41) is 21.5. The van der Waals surface area contributed by atoms with Gasteiger partial charge in [0.05, 0.1) is 18.4 Å². The highest BCUT2D eigenvalue weighted by Gasteiger charge is 2.24. The number of rotatable bonds is 9. The van der Waals surface area contributed by atoms with Crippen molar-refractivity contribution in [2.75, 3.05) is 12.3 Å². The summed E-state index contributed by atoms with van der Waals surface area (Å²) in [6.45, 7) is 5.97. The molecule has 3 atom stereocenters. The standard InChI is InChI=1S/C16H26N2O4/c1-4-7-22-14-6-5-12(9-13(14)17)8-10(2)18-15(11(3)19)16(20)21/h5-6,9-11,15,18-19H,4,7-8,17H2,1-3H3,(H,20,21). The first kappa shape index (κ1) is 18.3. The van der Waals surface area contributed by atoms with Gasteiger partial charge in [-0.05, 0) is 44.4 Å². The molecule has 1 aromatic carbocycles. The third kappa shape index (κ3) is 5.54. The monoisotopic (exact) mass is 310 g/mol. The van der Waals surface area contributed by atoms with E-state index in [1.807, 2.05) is 32.0 Å². The highest BCUT2D eigenvalue weighted by atomic mass is 16.5. The van der Waals surface area contributed by atoms with Crippen LogP contribution in [-0.4, -0.2) is 41.0 Å². The van der Waals surface area contributed by atoms with Crippen LogP contribution >= 0.6 is 0 Å². The molecule has 22 heavy (non-hydrogen) atoms. The number of hydrogen-bond donors (Lipinski definition) is 4. The van der Waals surface area contributed by atoms with Crippen LogP contribution in [0.15, 0.2) is 18.2 Å². The Morgan fingerprint density at radius 2 is 2.09 bits per heavy atom. The number of aliphatic carboxylic acids is 1. The van der Waals surface area contributed by atoms with Crippen molar-refractivity contribution in [3.05, 3.63) is 23.8 Å². The van der Waals surface area contributed by atoms with Crippen LogP contribution in [-0.2, 0) is 11.2 Å². The predicted molar refractivity (Wildman–Crippen MR) is 86.0 cm³/mol. The van der Waals surface area contributed by atoms with Crippen LogP contribution in [0, 0.1) is 0 Å². The van der Waals surface area contributed by atoms with Gasteiger partial charge in [0.15, 0.2) is 0 Å². The average Bonchev–Trinajstić information content (AvgIpc) is 2.43. The zero-order chi connectivity index (χ0) is 16.7. The second-order valence-electron chi connectivity index (χ2n) is 5.55. The van der Waals surface area contributed by atoms with Crippen molar-refractivity contribution in [2.24, 2.45) is 0 Å². The normalized spacial score (nSPS) is 15.1. The van der Waals surface area contributed by atoms with Gasteiger partial charge in [-0.15, -0.1) is 0 Å². The van der Waals surface area contributed by atoms with Crippen LogP contribution in [0.1, 0.15) is 32.8 Å². The Kier molecular flexibility index (Phi) is 7.14. The van der Waals surface area contributed by atoms with E-state index in [0.717, 1.165) is 12.0 Å². The summed E-state index contributed by atoms with van der Waals surface area (Å²) in [5.41, 5.74) is 7.51. The van der Waals surface area contributed by atoms with Gasteiger partial charge >= 0.3 is 5.97 Å². The first-order valence-corrected chi connectivity index (χ1v) is 7.53. The van der Waals surface area contributed by atoms with Gasteiger partial charge in [-0.25, -0.2) is 0 Å². The lowest BCUT2D eigenvalue weighted by atomic mass is 10.0. The fourth-order valence-electron chi connectivity index (χ4n) is 2.20. The topological polar surface area (TPSA) is 105 Å². The molecule has 0 aliphatic carbocycles. The fourth-order valence-corrected chi connectivity index (χ4v) is 2.20. The minimum atomic E-state index is -1.07. The number of nitrogens with one attached hydrogen (secondary N) is 1. The van der Waals surface area contributed by atoms with E-state index in [9.17, 15) is 9.90 Å². The molecule has 0 radical (unpaired) electrons. The molecule has 124 valence electrons. The molecule has 0 spiro atoms.